The van der Waals surface area contributed by atoms with Gasteiger partial charge in [-0.1, -0.05) is 0 Å². The molecule has 0 spiro atoms. The van der Waals surface area contributed by atoms with Gasteiger partial charge in [0.25, 0.3) is 0 Å². The summed E-state index contributed by atoms with van der Waals surface area (Å²) in [6.45, 7) is 2.23. The maximum atomic E-state index is 10.8. The van der Waals surface area contributed by atoms with Gasteiger partial charge in [-0.2, -0.15) is 5.10 Å². The highest BCUT2D eigenvalue weighted by Crippen LogP contribution is 2.11. The molecule has 0 saturated heterocycles. The van der Waals surface area contributed by atoms with E-state index in [0.717, 1.165) is 0 Å². The summed E-state index contributed by atoms with van der Waals surface area (Å²) in [5.74, 6) is -0.970. The van der Waals surface area contributed by atoms with Gasteiger partial charge in [0.1, 0.15) is 0 Å². The topological polar surface area (TPSA) is 81.1 Å². The Balaban J connectivity index is 0.00000169. The first-order valence-electron chi connectivity index (χ1n) is 3.72. The fourth-order valence-electron chi connectivity index (χ4n) is 0.986. The summed E-state index contributed by atoms with van der Waals surface area (Å²) in [5, 5.41) is 12.8. The minimum Gasteiger partial charge on any atom is -0.476 e. The van der Waals surface area contributed by atoms with Crippen LogP contribution in [0.15, 0.2) is 6.20 Å². The molecule has 80 valence electrons. The normalized spacial score (nSPS) is 11.9. The summed E-state index contributed by atoms with van der Waals surface area (Å²) in [6.07, 6.45) is 1.52. The zero-order chi connectivity index (χ0) is 10.0. The van der Waals surface area contributed by atoms with E-state index in [1.165, 1.54) is 10.9 Å². The Kier molecular flexibility index (Phi) is 5.38. The third kappa shape index (κ3) is 3.10. The van der Waals surface area contributed by atoms with Crippen molar-refractivity contribution in [3.05, 3.63) is 15.5 Å². The van der Waals surface area contributed by atoms with Crippen molar-refractivity contribution in [3.63, 3.8) is 0 Å². The minimum atomic E-state index is -0.970. The SMILES string of the molecule is C[C@H](N)Cn1ncc(I)c1C(=O)O.Cl. The highest BCUT2D eigenvalue weighted by atomic mass is 127. The maximum Gasteiger partial charge on any atom is 0.355 e. The molecule has 0 aliphatic heterocycles. The highest BCUT2D eigenvalue weighted by Gasteiger charge is 2.16. The van der Waals surface area contributed by atoms with Gasteiger partial charge in [-0.15, -0.1) is 12.4 Å². The molecule has 1 atom stereocenters. The van der Waals surface area contributed by atoms with E-state index in [2.05, 4.69) is 5.10 Å². The first-order chi connectivity index (χ1) is 6.02. The Hall–Kier alpha value is -0.340. The van der Waals surface area contributed by atoms with Gasteiger partial charge in [0.2, 0.25) is 0 Å². The highest BCUT2D eigenvalue weighted by molar-refractivity contribution is 14.1. The number of aromatic nitrogens is 2. The van der Waals surface area contributed by atoms with Gasteiger partial charge in [0.15, 0.2) is 5.69 Å². The molecular weight excluding hydrogens is 320 g/mol. The van der Waals surface area contributed by atoms with Crippen LogP contribution in [0.5, 0.6) is 0 Å². The Morgan fingerprint density at radius 3 is 2.86 bits per heavy atom. The lowest BCUT2D eigenvalue weighted by Gasteiger charge is -2.06. The summed E-state index contributed by atoms with van der Waals surface area (Å²) in [6, 6.07) is -0.103. The lowest BCUT2D eigenvalue weighted by Crippen LogP contribution is -2.25. The van der Waals surface area contributed by atoms with E-state index in [4.69, 9.17) is 10.8 Å². The van der Waals surface area contributed by atoms with Crippen molar-refractivity contribution >= 4 is 41.0 Å². The Labute approximate surface area is 101 Å². The number of hydrogen-bond donors (Lipinski definition) is 2. The van der Waals surface area contributed by atoms with Gasteiger partial charge in [-0.05, 0) is 29.5 Å². The summed E-state index contributed by atoms with van der Waals surface area (Å²) in [5.41, 5.74) is 5.75. The van der Waals surface area contributed by atoms with E-state index in [9.17, 15) is 4.79 Å². The smallest absolute Gasteiger partial charge is 0.355 e. The van der Waals surface area contributed by atoms with E-state index < -0.39 is 5.97 Å². The van der Waals surface area contributed by atoms with Crippen LogP contribution in [-0.2, 0) is 6.54 Å². The predicted octanol–water partition coefficient (Wildman–Crippen LogP) is 0.955. The summed E-state index contributed by atoms with van der Waals surface area (Å²) < 4.78 is 2.04. The van der Waals surface area contributed by atoms with Crippen molar-refractivity contribution < 1.29 is 9.90 Å². The fourth-order valence-corrected chi connectivity index (χ4v) is 1.62. The molecule has 1 aromatic rings. The molecule has 1 heterocycles. The molecule has 1 aromatic heterocycles. The molecule has 0 unspecified atom stereocenters. The van der Waals surface area contributed by atoms with Crippen LogP contribution in [0.1, 0.15) is 17.4 Å². The zero-order valence-corrected chi connectivity index (χ0v) is 10.4. The molecular formula is C7H11ClIN3O2. The number of carboxylic acid groups (broad SMARTS) is 1. The average molecular weight is 332 g/mol. The second-order valence-corrected chi connectivity index (χ2v) is 3.97. The third-order valence-electron chi connectivity index (χ3n) is 1.46. The molecule has 0 aliphatic rings. The molecule has 0 amide bonds. The van der Waals surface area contributed by atoms with Gasteiger partial charge in [0, 0.05) is 6.04 Å². The molecule has 3 N–H and O–H groups in total. The van der Waals surface area contributed by atoms with Crippen LogP contribution in [0.2, 0.25) is 0 Å². The van der Waals surface area contributed by atoms with Crippen LogP contribution >= 0.6 is 35.0 Å². The molecule has 0 bridgehead atoms. The van der Waals surface area contributed by atoms with Gasteiger partial charge >= 0.3 is 5.97 Å². The second-order valence-electron chi connectivity index (χ2n) is 2.81. The standard InChI is InChI=1S/C7H10IN3O2.ClH/c1-4(9)3-11-6(7(12)13)5(8)2-10-11;/h2,4H,3,9H2,1H3,(H,12,13);1H/t4-;/m0./s1. The van der Waals surface area contributed by atoms with Crippen LogP contribution in [0, 0.1) is 3.57 Å². The van der Waals surface area contributed by atoms with Crippen molar-refractivity contribution in [2.24, 2.45) is 5.73 Å². The van der Waals surface area contributed by atoms with Crippen molar-refractivity contribution in [2.75, 3.05) is 0 Å². The van der Waals surface area contributed by atoms with Crippen molar-refractivity contribution in [3.8, 4) is 0 Å². The van der Waals surface area contributed by atoms with Crippen LogP contribution < -0.4 is 5.73 Å². The molecule has 1 rings (SSSR count). The van der Waals surface area contributed by atoms with Crippen LogP contribution in [-0.4, -0.2) is 26.9 Å². The molecule has 0 aliphatic carbocycles. The van der Waals surface area contributed by atoms with Crippen LogP contribution in [0.3, 0.4) is 0 Å². The van der Waals surface area contributed by atoms with Crippen molar-refractivity contribution in [2.45, 2.75) is 19.5 Å². The number of nitrogens with two attached hydrogens (primary N) is 1. The molecule has 5 nitrogen and oxygen atoms in total. The van der Waals surface area contributed by atoms with Gasteiger partial charge in [-0.3, -0.25) is 4.68 Å². The van der Waals surface area contributed by atoms with E-state index in [1.807, 2.05) is 22.6 Å². The monoisotopic (exact) mass is 331 g/mol. The predicted molar refractivity (Wildman–Crippen MR) is 62.8 cm³/mol. The third-order valence-corrected chi connectivity index (χ3v) is 2.25. The van der Waals surface area contributed by atoms with E-state index in [0.29, 0.717) is 10.1 Å². The quantitative estimate of drug-likeness (QED) is 0.808. The van der Waals surface area contributed by atoms with E-state index >= 15 is 0 Å². The number of nitrogens with zero attached hydrogens (tertiary/aromatic N) is 2. The molecule has 7 heteroatoms. The maximum absolute atomic E-state index is 10.8. The van der Waals surface area contributed by atoms with E-state index in [-0.39, 0.29) is 24.1 Å². The van der Waals surface area contributed by atoms with E-state index in [1.54, 1.807) is 6.92 Å². The molecule has 0 radical (unpaired) electrons. The van der Waals surface area contributed by atoms with Crippen molar-refractivity contribution in [1.82, 2.24) is 9.78 Å². The first kappa shape index (κ1) is 13.7. The average Bonchev–Trinajstić information content (AvgIpc) is 2.30. The molecule has 14 heavy (non-hydrogen) atoms. The summed E-state index contributed by atoms with van der Waals surface area (Å²) >= 11 is 1.94. The minimum absolute atomic E-state index is 0. The Bertz CT molecular complexity index is 327. The summed E-state index contributed by atoms with van der Waals surface area (Å²) in [4.78, 5) is 10.8. The van der Waals surface area contributed by atoms with Gasteiger partial charge in [0.05, 0.1) is 16.3 Å². The largest absolute Gasteiger partial charge is 0.476 e. The Morgan fingerprint density at radius 2 is 2.43 bits per heavy atom. The number of carboxylic acids is 1. The number of aromatic carboxylic acids is 1. The number of halogens is 2. The number of rotatable bonds is 3. The lowest BCUT2D eigenvalue weighted by molar-refractivity contribution is 0.0681. The van der Waals surface area contributed by atoms with Crippen LogP contribution in [0.4, 0.5) is 0 Å². The number of hydrogen-bond acceptors (Lipinski definition) is 3. The van der Waals surface area contributed by atoms with Gasteiger partial charge < -0.3 is 10.8 Å². The molecule has 0 aromatic carbocycles. The zero-order valence-electron chi connectivity index (χ0n) is 7.48. The van der Waals surface area contributed by atoms with Gasteiger partial charge in [-0.25, -0.2) is 4.79 Å². The van der Waals surface area contributed by atoms with Crippen LogP contribution in [0.25, 0.3) is 0 Å². The molecule has 0 fully saturated rings. The summed E-state index contributed by atoms with van der Waals surface area (Å²) in [7, 11) is 0. The number of carbonyl (C=O) groups is 1. The first-order valence-corrected chi connectivity index (χ1v) is 4.80. The lowest BCUT2D eigenvalue weighted by atomic mass is 10.3. The molecule has 0 saturated carbocycles. The second kappa shape index (κ2) is 5.52. The fraction of sp³-hybridized carbons (Fsp3) is 0.429. The Morgan fingerprint density at radius 1 is 1.86 bits per heavy atom. The van der Waals surface area contributed by atoms with Crippen molar-refractivity contribution in [1.29, 1.82) is 0 Å².